The highest BCUT2D eigenvalue weighted by molar-refractivity contribution is 7.90. The number of pyridine rings is 2. The molecule has 4 rings (SSSR count). The summed E-state index contributed by atoms with van der Waals surface area (Å²) in [4.78, 5) is 7.78. The van der Waals surface area contributed by atoms with Gasteiger partial charge in [0.15, 0.2) is 5.65 Å². The molecule has 4 aromatic rings. The Labute approximate surface area is 234 Å². The molecule has 1 aromatic carbocycles. The van der Waals surface area contributed by atoms with E-state index in [9.17, 15) is 21.6 Å². The number of hydrogen-bond acceptors (Lipinski definition) is 5. The third kappa shape index (κ3) is 5.78. The summed E-state index contributed by atoms with van der Waals surface area (Å²) in [7, 11) is -4.39. The van der Waals surface area contributed by atoms with Crippen molar-refractivity contribution < 1.29 is 26.3 Å². The third-order valence-corrected chi connectivity index (χ3v) is 8.24. The zero-order chi connectivity index (χ0) is 28.9. The Morgan fingerprint density at radius 3 is 2.33 bits per heavy atom. The summed E-state index contributed by atoms with van der Waals surface area (Å²) in [5, 5.41) is 0.343. The molecule has 3 heterocycles. The van der Waals surface area contributed by atoms with Crippen LogP contribution < -0.4 is 0 Å². The van der Waals surface area contributed by atoms with Crippen LogP contribution in [0.3, 0.4) is 0 Å². The molecule has 0 unspecified atom stereocenters. The van der Waals surface area contributed by atoms with E-state index in [-0.39, 0.29) is 55.1 Å². The van der Waals surface area contributed by atoms with Crippen LogP contribution in [0.4, 0.5) is 13.2 Å². The number of aryl methyl sites for hydroxylation is 1. The molecule has 39 heavy (non-hydrogen) atoms. The van der Waals surface area contributed by atoms with Crippen molar-refractivity contribution in [2.75, 3.05) is 0 Å². The summed E-state index contributed by atoms with van der Waals surface area (Å²) in [5.41, 5.74) is -1.28. The molecule has 0 saturated carbocycles. The molecule has 6 nitrogen and oxygen atoms in total. The van der Waals surface area contributed by atoms with Crippen LogP contribution in [0.25, 0.3) is 16.8 Å². The van der Waals surface area contributed by atoms with Crippen LogP contribution in [0.2, 0.25) is 10.2 Å². The van der Waals surface area contributed by atoms with Crippen LogP contribution in [0.5, 0.6) is 0 Å². The van der Waals surface area contributed by atoms with Crippen molar-refractivity contribution in [2.45, 2.75) is 50.8 Å². The van der Waals surface area contributed by atoms with Gasteiger partial charge >= 0.3 is 6.18 Å². The van der Waals surface area contributed by atoms with Gasteiger partial charge in [0.1, 0.15) is 22.2 Å². The van der Waals surface area contributed by atoms with E-state index >= 15 is 0 Å². The molecule has 0 fully saturated rings. The fraction of sp³-hybridized carbons (Fsp3) is 0.259. The maximum atomic E-state index is 13.8. The van der Waals surface area contributed by atoms with Crippen molar-refractivity contribution in [2.24, 2.45) is 0 Å². The number of alkyl halides is 3. The Balaban J connectivity index is 1.98. The van der Waals surface area contributed by atoms with Gasteiger partial charge in [-0.1, -0.05) is 48.0 Å². The number of benzene rings is 1. The van der Waals surface area contributed by atoms with Gasteiger partial charge in [-0.25, -0.2) is 22.4 Å². The highest BCUT2D eigenvalue weighted by atomic mass is 35.5. The number of ether oxygens (including phenoxy) is 1. The monoisotopic (exact) mass is 597 g/mol. The number of hydrogen-bond donors (Lipinski definition) is 0. The summed E-state index contributed by atoms with van der Waals surface area (Å²) in [6.45, 7) is 10.9. The van der Waals surface area contributed by atoms with Gasteiger partial charge in [0.2, 0.25) is 0 Å². The molecule has 0 amide bonds. The summed E-state index contributed by atoms with van der Waals surface area (Å²) in [6, 6.07) is 9.70. The van der Waals surface area contributed by atoms with E-state index in [1.165, 1.54) is 43.5 Å². The molecule has 0 spiro atoms. The average molecular weight is 598 g/mol. The lowest BCUT2D eigenvalue weighted by Gasteiger charge is -2.24. The standard InChI is InChI=1S/C27H24Cl2F3N3O3S/c1-15-11-22(27(30,31)32)34-25-19(15)12-17(35(25)39(36,37)18-9-7-6-8-10-18)13-20-23(28)21(14-33-24(20)29)16(2)38-26(3,4)5/h6-12,14H,2,13H2,1,3-5H3. The molecule has 0 radical (unpaired) electrons. The Kier molecular flexibility index (Phi) is 7.52. The second-order valence-corrected chi connectivity index (χ2v) is 12.4. The lowest BCUT2D eigenvalue weighted by Crippen LogP contribution is -2.19. The highest BCUT2D eigenvalue weighted by Gasteiger charge is 2.35. The Morgan fingerprint density at radius 1 is 1.10 bits per heavy atom. The van der Waals surface area contributed by atoms with Crippen molar-refractivity contribution in [3.8, 4) is 0 Å². The summed E-state index contributed by atoms with van der Waals surface area (Å²) in [5.74, 6) is 0.225. The number of nitrogens with zero attached hydrogens (tertiary/aromatic N) is 3. The first-order chi connectivity index (χ1) is 18.0. The maximum absolute atomic E-state index is 13.8. The van der Waals surface area contributed by atoms with Crippen molar-refractivity contribution >= 4 is 50.0 Å². The fourth-order valence-electron chi connectivity index (χ4n) is 4.05. The molecule has 12 heteroatoms. The van der Waals surface area contributed by atoms with Crippen LogP contribution in [0.1, 0.15) is 48.8 Å². The predicted octanol–water partition coefficient (Wildman–Crippen LogP) is 7.68. The maximum Gasteiger partial charge on any atom is 0.433 e. The van der Waals surface area contributed by atoms with Gasteiger partial charge in [-0.05, 0) is 57.5 Å². The molecule has 0 atom stereocenters. The minimum Gasteiger partial charge on any atom is -0.488 e. The minimum atomic E-state index is -4.79. The van der Waals surface area contributed by atoms with E-state index in [2.05, 4.69) is 16.5 Å². The SMILES string of the molecule is C=C(OC(C)(C)C)c1cnc(Cl)c(Cc2cc3c(C)cc(C(F)(F)F)nc3n2S(=O)(=O)c2ccccc2)c1Cl. The first-order valence-corrected chi connectivity index (χ1v) is 13.8. The van der Waals surface area contributed by atoms with Gasteiger partial charge in [0, 0.05) is 29.3 Å². The van der Waals surface area contributed by atoms with Gasteiger partial charge in [-0.2, -0.15) is 13.2 Å². The zero-order valence-electron chi connectivity index (χ0n) is 21.4. The predicted molar refractivity (Wildman–Crippen MR) is 145 cm³/mol. The molecule has 0 aliphatic rings. The lowest BCUT2D eigenvalue weighted by molar-refractivity contribution is -0.141. The second kappa shape index (κ2) is 10.1. The van der Waals surface area contributed by atoms with Gasteiger partial charge in [-0.15, -0.1) is 0 Å². The molecule has 0 N–H and O–H groups in total. The number of aromatic nitrogens is 3. The van der Waals surface area contributed by atoms with E-state index in [1.54, 1.807) is 6.07 Å². The highest BCUT2D eigenvalue weighted by Crippen LogP contribution is 2.37. The van der Waals surface area contributed by atoms with E-state index in [0.717, 1.165) is 10.0 Å². The van der Waals surface area contributed by atoms with Crippen LogP contribution in [0, 0.1) is 6.92 Å². The van der Waals surface area contributed by atoms with Crippen LogP contribution in [-0.2, 0) is 27.4 Å². The Morgan fingerprint density at radius 2 is 1.74 bits per heavy atom. The lowest BCUT2D eigenvalue weighted by atomic mass is 10.1. The number of rotatable bonds is 6. The van der Waals surface area contributed by atoms with E-state index < -0.39 is 27.5 Å². The summed E-state index contributed by atoms with van der Waals surface area (Å²) < 4.78 is 75.2. The van der Waals surface area contributed by atoms with Gasteiger partial charge in [0.25, 0.3) is 10.0 Å². The molecule has 0 aliphatic carbocycles. The topological polar surface area (TPSA) is 74.1 Å². The van der Waals surface area contributed by atoms with Gasteiger partial charge < -0.3 is 4.74 Å². The largest absolute Gasteiger partial charge is 0.488 e. The molecule has 0 saturated heterocycles. The van der Waals surface area contributed by atoms with Gasteiger partial charge in [0.05, 0.1) is 15.5 Å². The van der Waals surface area contributed by atoms with Crippen molar-refractivity contribution in [3.05, 3.63) is 93.5 Å². The minimum absolute atomic E-state index is 0.0121. The van der Waals surface area contributed by atoms with E-state index in [4.69, 9.17) is 27.9 Å². The summed E-state index contributed by atoms with van der Waals surface area (Å²) in [6.07, 6.45) is -3.59. The number of fused-ring (bicyclic) bond motifs is 1. The van der Waals surface area contributed by atoms with Crippen LogP contribution >= 0.6 is 23.2 Å². The molecular weight excluding hydrogens is 574 g/mol. The Hall–Kier alpha value is -3.08. The number of halogens is 5. The molecule has 206 valence electrons. The van der Waals surface area contributed by atoms with E-state index in [1.807, 2.05) is 20.8 Å². The van der Waals surface area contributed by atoms with Crippen molar-refractivity contribution in [1.82, 2.24) is 13.9 Å². The molecule has 3 aromatic heterocycles. The first kappa shape index (κ1) is 28.9. The molecule has 0 aliphatic heterocycles. The van der Waals surface area contributed by atoms with Crippen molar-refractivity contribution in [3.63, 3.8) is 0 Å². The molecule has 0 bridgehead atoms. The molecular formula is C27H24Cl2F3N3O3S. The normalized spacial score (nSPS) is 12.6. The fourth-order valence-corrected chi connectivity index (χ4v) is 6.13. The quantitative estimate of drug-likeness (QED) is 0.168. The third-order valence-electron chi connectivity index (χ3n) is 5.73. The van der Waals surface area contributed by atoms with E-state index in [0.29, 0.717) is 5.56 Å². The Bertz CT molecular complexity index is 1690. The average Bonchev–Trinajstić information content (AvgIpc) is 3.20. The van der Waals surface area contributed by atoms with Gasteiger partial charge in [-0.3, -0.25) is 0 Å². The first-order valence-electron chi connectivity index (χ1n) is 11.6. The summed E-state index contributed by atoms with van der Waals surface area (Å²) >= 11 is 13.1. The smallest absolute Gasteiger partial charge is 0.433 e. The zero-order valence-corrected chi connectivity index (χ0v) is 23.7. The van der Waals surface area contributed by atoms with Crippen LogP contribution in [-0.4, -0.2) is 28.0 Å². The van der Waals surface area contributed by atoms with Crippen LogP contribution in [0.15, 0.2) is 60.1 Å². The van der Waals surface area contributed by atoms with Crippen molar-refractivity contribution in [1.29, 1.82) is 0 Å². The second-order valence-electron chi connectivity index (χ2n) is 9.85.